The maximum atomic E-state index is 12.2. The normalized spacial score (nSPS) is 18.5. The number of hydrogen-bond acceptors (Lipinski definition) is 4. The summed E-state index contributed by atoms with van der Waals surface area (Å²) in [7, 11) is 0. The topological polar surface area (TPSA) is 157 Å². The lowest BCUT2D eigenvalue weighted by molar-refractivity contribution is -0.143. The fourth-order valence-corrected chi connectivity index (χ4v) is 2.47. The first-order chi connectivity index (χ1) is 9.85. The zero-order valence-corrected chi connectivity index (χ0v) is 12.2. The molecule has 1 aliphatic carbocycles. The molecule has 0 heterocycles. The molecule has 8 nitrogen and oxygen atoms in total. The minimum Gasteiger partial charge on any atom is -0.480 e. The summed E-state index contributed by atoms with van der Waals surface area (Å²) in [6.07, 6.45) is 4.77. The Labute approximate surface area is 124 Å². The van der Waals surface area contributed by atoms with Crippen LogP contribution in [0.5, 0.6) is 0 Å². The average molecular weight is 299 g/mol. The van der Waals surface area contributed by atoms with E-state index in [2.05, 4.69) is 10.3 Å². The Hall–Kier alpha value is -1.83. The van der Waals surface area contributed by atoms with Gasteiger partial charge in [-0.1, -0.05) is 19.3 Å². The van der Waals surface area contributed by atoms with E-state index in [1.165, 1.54) is 0 Å². The lowest BCUT2D eigenvalue weighted by atomic mass is 9.81. The number of carbonyl (C=O) groups is 2. The van der Waals surface area contributed by atoms with Crippen LogP contribution in [-0.4, -0.2) is 41.1 Å². The molecule has 1 saturated carbocycles. The molecule has 0 spiro atoms. The molecule has 0 bridgehead atoms. The Kier molecular flexibility index (Phi) is 6.41. The minimum atomic E-state index is -1.08. The number of nitrogens with zero attached hydrogens (tertiary/aromatic N) is 1. The molecule has 0 saturated heterocycles. The summed E-state index contributed by atoms with van der Waals surface area (Å²) in [5.74, 6) is -1.49. The van der Waals surface area contributed by atoms with Crippen LogP contribution in [0.15, 0.2) is 4.99 Å². The first-order valence-electron chi connectivity index (χ1n) is 7.23. The molecule has 21 heavy (non-hydrogen) atoms. The van der Waals surface area contributed by atoms with E-state index in [-0.39, 0.29) is 18.3 Å². The minimum absolute atomic E-state index is 0.0333. The predicted molar refractivity (Wildman–Crippen MR) is 79.5 cm³/mol. The van der Waals surface area contributed by atoms with Crippen LogP contribution in [0.2, 0.25) is 0 Å². The summed E-state index contributed by atoms with van der Waals surface area (Å²) < 4.78 is 0. The van der Waals surface area contributed by atoms with Crippen molar-refractivity contribution in [2.75, 3.05) is 6.54 Å². The highest BCUT2D eigenvalue weighted by Crippen LogP contribution is 2.26. The molecule has 0 aromatic heterocycles. The van der Waals surface area contributed by atoms with Crippen molar-refractivity contribution in [3.63, 3.8) is 0 Å². The number of carboxylic acids is 1. The van der Waals surface area contributed by atoms with Crippen LogP contribution in [0.4, 0.5) is 0 Å². The van der Waals surface area contributed by atoms with Gasteiger partial charge in [-0.05, 0) is 25.7 Å². The average Bonchev–Trinajstić information content (AvgIpc) is 2.42. The highest BCUT2D eigenvalue weighted by Gasteiger charge is 2.37. The summed E-state index contributed by atoms with van der Waals surface area (Å²) in [5.41, 5.74) is 15.5. The van der Waals surface area contributed by atoms with Gasteiger partial charge in [-0.15, -0.1) is 0 Å². The van der Waals surface area contributed by atoms with Gasteiger partial charge < -0.3 is 27.6 Å². The van der Waals surface area contributed by atoms with Crippen molar-refractivity contribution in [3.8, 4) is 0 Å². The molecule has 0 aliphatic heterocycles. The van der Waals surface area contributed by atoms with Crippen molar-refractivity contribution < 1.29 is 14.7 Å². The van der Waals surface area contributed by atoms with Crippen molar-refractivity contribution in [3.05, 3.63) is 0 Å². The van der Waals surface area contributed by atoms with E-state index in [1.54, 1.807) is 0 Å². The molecule has 0 aromatic carbocycles. The second kappa shape index (κ2) is 7.82. The number of aliphatic imine (C=N–C) groups is 1. The van der Waals surface area contributed by atoms with Crippen LogP contribution in [0.1, 0.15) is 44.9 Å². The SMILES string of the molecule is NC(N)=NCCC[C@H](NC(=O)C1(N)CCCCC1)C(=O)O. The van der Waals surface area contributed by atoms with Gasteiger partial charge in [-0.2, -0.15) is 0 Å². The van der Waals surface area contributed by atoms with E-state index in [0.29, 0.717) is 25.8 Å². The number of hydrogen-bond donors (Lipinski definition) is 5. The second-order valence-electron chi connectivity index (χ2n) is 5.53. The number of carbonyl (C=O) groups excluding carboxylic acids is 1. The molecule has 1 aliphatic rings. The fourth-order valence-electron chi connectivity index (χ4n) is 2.47. The Bertz CT molecular complexity index is 401. The summed E-state index contributed by atoms with van der Waals surface area (Å²) in [6.45, 7) is 0.329. The molecule has 1 atom stereocenters. The Morgan fingerprint density at radius 2 is 1.86 bits per heavy atom. The first-order valence-corrected chi connectivity index (χ1v) is 7.23. The Morgan fingerprint density at radius 1 is 1.24 bits per heavy atom. The molecule has 1 fully saturated rings. The third kappa shape index (κ3) is 5.58. The summed E-state index contributed by atoms with van der Waals surface area (Å²) in [5, 5.41) is 11.7. The van der Waals surface area contributed by atoms with Crippen molar-refractivity contribution in [1.82, 2.24) is 5.32 Å². The van der Waals surface area contributed by atoms with Crippen LogP contribution in [0, 0.1) is 0 Å². The number of amides is 1. The number of carboxylic acid groups (broad SMARTS) is 1. The van der Waals surface area contributed by atoms with E-state index in [0.717, 1.165) is 19.3 Å². The van der Waals surface area contributed by atoms with Crippen molar-refractivity contribution in [1.29, 1.82) is 0 Å². The molecule has 8 heteroatoms. The lowest BCUT2D eigenvalue weighted by Gasteiger charge is -2.32. The van der Waals surface area contributed by atoms with Crippen LogP contribution in [0.3, 0.4) is 0 Å². The van der Waals surface area contributed by atoms with Gasteiger partial charge in [0.25, 0.3) is 0 Å². The van der Waals surface area contributed by atoms with Crippen LogP contribution in [0.25, 0.3) is 0 Å². The summed E-state index contributed by atoms with van der Waals surface area (Å²) >= 11 is 0. The van der Waals surface area contributed by atoms with Gasteiger partial charge >= 0.3 is 5.97 Å². The monoisotopic (exact) mass is 299 g/mol. The van der Waals surface area contributed by atoms with Gasteiger partial charge in [-0.3, -0.25) is 9.79 Å². The number of nitrogens with two attached hydrogens (primary N) is 3. The van der Waals surface area contributed by atoms with Gasteiger partial charge in [0.1, 0.15) is 6.04 Å². The van der Waals surface area contributed by atoms with Gasteiger partial charge in [-0.25, -0.2) is 4.79 Å². The quantitative estimate of drug-likeness (QED) is 0.237. The number of aliphatic carboxylic acids is 1. The van der Waals surface area contributed by atoms with Gasteiger partial charge in [0.15, 0.2) is 5.96 Å². The Morgan fingerprint density at radius 3 is 2.38 bits per heavy atom. The van der Waals surface area contributed by atoms with Crippen LogP contribution < -0.4 is 22.5 Å². The third-order valence-corrected chi connectivity index (χ3v) is 3.75. The molecular formula is C13H25N5O3. The molecule has 1 amide bonds. The molecule has 0 aromatic rings. The van der Waals surface area contributed by atoms with E-state index >= 15 is 0 Å². The van der Waals surface area contributed by atoms with Gasteiger partial charge in [0, 0.05) is 6.54 Å². The molecular weight excluding hydrogens is 274 g/mol. The van der Waals surface area contributed by atoms with E-state index in [9.17, 15) is 14.7 Å². The number of nitrogens with one attached hydrogen (secondary N) is 1. The lowest BCUT2D eigenvalue weighted by Crippen LogP contribution is -2.58. The van der Waals surface area contributed by atoms with Crippen molar-refractivity contribution >= 4 is 17.8 Å². The maximum Gasteiger partial charge on any atom is 0.326 e. The van der Waals surface area contributed by atoms with Crippen molar-refractivity contribution in [2.45, 2.75) is 56.5 Å². The fraction of sp³-hybridized carbons (Fsp3) is 0.769. The zero-order chi connectivity index (χ0) is 15.9. The molecule has 1 rings (SSSR count). The second-order valence-corrected chi connectivity index (χ2v) is 5.53. The summed E-state index contributed by atoms with van der Waals surface area (Å²) in [6, 6.07) is -0.964. The van der Waals surface area contributed by atoms with Crippen LogP contribution >= 0.6 is 0 Å². The van der Waals surface area contributed by atoms with E-state index in [4.69, 9.17) is 17.2 Å². The molecule has 8 N–H and O–H groups in total. The molecule has 0 radical (unpaired) electrons. The molecule has 0 unspecified atom stereocenters. The maximum absolute atomic E-state index is 12.2. The van der Waals surface area contributed by atoms with Crippen molar-refractivity contribution in [2.24, 2.45) is 22.2 Å². The van der Waals surface area contributed by atoms with Gasteiger partial charge in [0.05, 0.1) is 5.54 Å². The summed E-state index contributed by atoms with van der Waals surface area (Å²) in [4.78, 5) is 27.2. The predicted octanol–water partition coefficient (Wildman–Crippen LogP) is -0.729. The zero-order valence-electron chi connectivity index (χ0n) is 12.2. The van der Waals surface area contributed by atoms with E-state index in [1.807, 2.05) is 0 Å². The standard InChI is InChI=1S/C13H25N5O3/c14-12(15)17-8-4-5-9(10(19)20)18-11(21)13(16)6-2-1-3-7-13/h9H,1-8,16H2,(H,18,21)(H,19,20)(H4,14,15,17)/t9-/m0/s1. The number of guanidine groups is 1. The highest BCUT2D eigenvalue weighted by molar-refractivity contribution is 5.90. The largest absolute Gasteiger partial charge is 0.480 e. The van der Waals surface area contributed by atoms with Crippen LogP contribution in [-0.2, 0) is 9.59 Å². The third-order valence-electron chi connectivity index (χ3n) is 3.75. The number of rotatable bonds is 7. The molecule has 120 valence electrons. The highest BCUT2D eigenvalue weighted by atomic mass is 16.4. The smallest absolute Gasteiger partial charge is 0.326 e. The first kappa shape index (κ1) is 17.2. The van der Waals surface area contributed by atoms with Gasteiger partial charge in [0.2, 0.25) is 5.91 Å². The Balaban J connectivity index is 2.51. The van der Waals surface area contributed by atoms with E-state index < -0.39 is 17.6 Å².